The second kappa shape index (κ2) is 6.16. The number of hydrogen-bond donors (Lipinski definition) is 0. The topological polar surface area (TPSA) is 0 Å². The molecule has 0 saturated carbocycles. The Morgan fingerprint density at radius 3 is 2.05 bits per heavy atom. The van der Waals surface area contributed by atoms with Crippen LogP contribution in [0.25, 0.3) is 5.57 Å². The predicted molar refractivity (Wildman–Crippen MR) is 90.2 cm³/mol. The van der Waals surface area contributed by atoms with Crippen molar-refractivity contribution >= 4 is 5.57 Å². The summed E-state index contributed by atoms with van der Waals surface area (Å²) in [5.74, 6) is 0. The molecule has 0 heteroatoms. The van der Waals surface area contributed by atoms with E-state index >= 15 is 0 Å². The summed E-state index contributed by atoms with van der Waals surface area (Å²) < 4.78 is 0. The van der Waals surface area contributed by atoms with Crippen molar-refractivity contribution in [1.82, 2.24) is 0 Å². The highest BCUT2D eigenvalue weighted by Crippen LogP contribution is 2.52. The highest BCUT2D eigenvalue weighted by atomic mass is 14.4. The van der Waals surface area contributed by atoms with Gasteiger partial charge < -0.3 is 0 Å². The molecule has 0 radical (unpaired) electrons. The van der Waals surface area contributed by atoms with Gasteiger partial charge in [-0.05, 0) is 50.3 Å². The molecular formula is C20H30. The predicted octanol–water partition coefficient (Wildman–Crippen LogP) is 6.42. The maximum absolute atomic E-state index is 2.46. The molecule has 0 spiro atoms. The van der Waals surface area contributed by atoms with Gasteiger partial charge in [-0.1, -0.05) is 68.9 Å². The van der Waals surface area contributed by atoms with Crippen molar-refractivity contribution < 1.29 is 0 Å². The number of unbranched alkanes of at least 4 members (excludes halogenated alkanes) is 2. The van der Waals surface area contributed by atoms with Crippen LogP contribution in [-0.4, -0.2) is 0 Å². The monoisotopic (exact) mass is 270 g/mol. The Kier molecular flexibility index (Phi) is 4.73. The van der Waals surface area contributed by atoms with Crippen LogP contribution in [-0.2, 0) is 5.41 Å². The van der Waals surface area contributed by atoms with Gasteiger partial charge in [0.05, 0.1) is 0 Å². The standard InChI is InChI=1S/C20H30/c1-6-8-12-20(13-9-7-2)17(5)16(4)18-11-10-15(3)14-19(18)20/h10-11,14H,6-9,12-13H2,1-5H3. The van der Waals surface area contributed by atoms with Crippen molar-refractivity contribution in [3.8, 4) is 0 Å². The Labute approximate surface area is 125 Å². The Bertz CT molecular complexity index is 497. The molecule has 0 atom stereocenters. The molecule has 1 aliphatic rings. The van der Waals surface area contributed by atoms with Crippen molar-refractivity contribution in [3.05, 3.63) is 40.5 Å². The summed E-state index contributed by atoms with van der Waals surface area (Å²) in [4.78, 5) is 0. The van der Waals surface area contributed by atoms with E-state index in [1.165, 1.54) is 55.2 Å². The molecule has 0 aliphatic heterocycles. The summed E-state index contributed by atoms with van der Waals surface area (Å²) in [5, 5.41) is 0. The van der Waals surface area contributed by atoms with Gasteiger partial charge in [-0.15, -0.1) is 0 Å². The van der Waals surface area contributed by atoms with Crippen molar-refractivity contribution in [2.75, 3.05) is 0 Å². The van der Waals surface area contributed by atoms with Crippen LogP contribution in [0.4, 0.5) is 0 Å². The van der Waals surface area contributed by atoms with E-state index in [1.807, 2.05) is 0 Å². The van der Waals surface area contributed by atoms with Gasteiger partial charge in [0.25, 0.3) is 0 Å². The molecule has 110 valence electrons. The summed E-state index contributed by atoms with van der Waals surface area (Å²) in [5.41, 5.74) is 8.04. The van der Waals surface area contributed by atoms with Gasteiger partial charge in [0.1, 0.15) is 0 Å². The quantitative estimate of drug-likeness (QED) is 0.559. The fourth-order valence-electron chi connectivity index (χ4n) is 3.87. The van der Waals surface area contributed by atoms with Crippen molar-refractivity contribution in [2.24, 2.45) is 0 Å². The molecule has 2 rings (SSSR count). The third-order valence-corrected chi connectivity index (χ3v) is 5.29. The zero-order valence-corrected chi connectivity index (χ0v) is 14.0. The van der Waals surface area contributed by atoms with E-state index in [0.29, 0.717) is 5.41 Å². The lowest BCUT2D eigenvalue weighted by molar-refractivity contribution is 0.404. The van der Waals surface area contributed by atoms with Crippen molar-refractivity contribution in [2.45, 2.75) is 78.6 Å². The molecule has 0 unspecified atom stereocenters. The van der Waals surface area contributed by atoms with Crippen LogP contribution in [0.5, 0.6) is 0 Å². The van der Waals surface area contributed by atoms with E-state index in [4.69, 9.17) is 0 Å². The van der Waals surface area contributed by atoms with E-state index in [9.17, 15) is 0 Å². The molecule has 0 N–H and O–H groups in total. The van der Waals surface area contributed by atoms with Crippen molar-refractivity contribution in [3.63, 3.8) is 0 Å². The highest BCUT2D eigenvalue weighted by molar-refractivity contribution is 5.79. The minimum absolute atomic E-state index is 0.331. The SMILES string of the molecule is CCCCC1(CCCC)C(C)=C(C)c2ccc(C)cc21. The van der Waals surface area contributed by atoms with E-state index < -0.39 is 0 Å². The maximum atomic E-state index is 2.46. The molecule has 0 aromatic heterocycles. The van der Waals surface area contributed by atoms with Gasteiger partial charge in [0, 0.05) is 5.41 Å². The summed E-state index contributed by atoms with van der Waals surface area (Å²) in [6.07, 6.45) is 7.90. The summed E-state index contributed by atoms with van der Waals surface area (Å²) in [6, 6.07) is 7.08. The first kappa shape index (κ1) is 15.4. The van der Waals surface area contributed by atoms with Crippen LogP contribution in [0, 0.1) is 6.92 Å². The number of hydrogen-bond acceptors (Lipinski definition) is 0. The van der Waals surface area contributed by atoms with Gasteiger partial charge >= 0.3 is 0 Å². The Balaban J connectivity index is 2.52. The van der Waals surface area contributed by atoms with Crippen LogP contribution < -0.4 is 0 Å². The van der Waals surface area contributed by atoms with Gasteiger partial charge in [-0.3, -0.25) is 0 Å². The molecule has 0 nitrogen and oxygen atoms in total. The van der Waals surface area contributed by atoms with E-state index in [-0.39, 0.29) is 0 Å². The maximum Gasteiger partial charge on any atom is 0.0171 e. The van der Waals surface area contributed by atoms with E-state index in [2.05, 4.69) is 52.8 Å². The summed E-state index contributed by atoms with van der Waals surface area (Å²) >= 11 is 0. The molecule has 1 aromatic carbocycles. The largest absolute Gasteiger partial charge is 0.0654 e. The second-order valence-corrected chi connectivity index (χ2v) is 6.59. The first-order valence-corrected chi connectivity index (χ1v) is 8.36. The van der Waals surface area contributed by atoms with Crippen molar-refractivity contribution in [1.29, 1.82) is 0 Å². The number of benzene rings is 1. The number of allylic oxidation sites excluding steroid dienone is 2. The molecule has 0 amide bonds. The summed E-state index contributed by atoms with van der Waals surface area (Å²) in [7, 11) is 0. The number of fused-ring (bicyclic) bond motifs is 1. The van der Waals surface area contributed by atoms with Crippen LogP contribution in [0.2, 0.25) is 0 Å². The molecule has 0 heterocycles. The van der Waals surface area contributed by atoms with Crippen LogP contribution in [0.1, 0.15) is 82.9 Å². The fourth-order valence-corrected chi connectivity index (χ4v) is 3.87. The third kappa shape index (κ3) is 2.45. The molecular weight excluding hydrogens is 240 g/mol. The second-order valence-electron chi connectivity index (χ2n) is 6.59. The number of aryl methyl sites for hydroxylation is 1. The Hall–Kier alpha value is -1.04. The molecule has 0 bridgehead atoms. The van der Waals surface area contributed by atoms with E-state index in [0.717, 1.165) is 0 Å². The van der Waals surface area contributed by atoms with Crippen LogP contribution in [0.3, 0.4) is 0 Å². The average Bonchev–Trinajstić information content (AvgIpc) is 2.65. The molecule has 0 saturated heterocycles. The normalized spacial score (nSPS) is 16.6. The molecule has 1 aromatic rings. The fraction of sp³-hybridized carbons (Fsp3) is 0.600. The lowest BCUT2D eigenvalue weighted by Gasteiger charge is -2.33. The van der Waals surface area contributed by atoms with Gasteiger partial charge in [0.2, 0.25) is 0 Å². The Morgan fingerprint density at radius 1 is 0.900 bits per heavy atom. The van der Waals surface area contributed by atoms with Gasteiger partial charge in [0.15, 0.2) is 0 Å². The van der Waals surface area contributed by atoms with E-state index in [1.54, 1.807) is 11.1 Å². The average molecular weight is 270 g/mol. The minimum Gasteiger partial charge on any atom is -0.0654 e. The number of rotatable bonds is 6. The lowest BCUT2D eigenvalue weighted by atomic mass is 9.70. The molecule has 0 fully saturated rings. The molecule has 20 heavy (non-hydrogen) atoms. The van der Waals surface area contributed by atoms with Crippen LogP contribution >= 0.6 is 0 Å². The molecule has 1 aliphatic carbocycles. The van der Waals surface area contributed by atoms with Gasteiger partial charge in [-0.25, -0.2) is 0 Å². The third-order valence-electron chi connectivity index (χ3n) is 5.29. The minimum atomic E-state index is 0.331. The first-order valence-electron chi connectivity index (χ1n) is 8.36. The smallest absolute Gasteiger partial charge is 0.0171 e. The Morgan fingerprint density at radius 2 is 1.50 bits per heavy atom. The summed E-state index contributed by atoms with van der Waals surface area (Å²) in [6.45, 7) is 11.6. The first-order chi connectivity index (χ1) is 9.56. The zero-order valence-electron chi connectivity index (χ0n) is 14.0. The van der Waals surface area contributed by atoms with Gasteiger partial charge in [-0.2, -0.15) is 0 Å². The highest BCUT2D eigenvalue weighted by Gasteiger charge is 2.40. The zero-order chi connectivity index (χ0) is 14.8. The lowest BCUT2D eigenvalue weighted by Crippen LogP contribution is -2.26. The van der Waals surface area contributed by atoms with Crippen LogP contribution in [0.15, 0.2) is 23.8 Å².